The van der Waals surface area contributed by atoms with Crippen molar-refractivity contribution in [2.75, 3.05) is 7.05 Å². The fraction of sp³-hybridized carbons (Fsp3) is 0.333. The number of halogens is 1. The standard InChI is InChI=1S/C9H12FNO2S/c1-7(14(12,13)11-2)8-3-5-9(10)6-4-8/h3-7,11H,1-2H3. The summed E-state index contributed by atoms with van der Waals surface area (Å²) in [4.78, 5) is 0. The summed E-state index contributed by atoms with van der Waals surface area (Å²) in [5.74, 6) is -0.372. The lowest BCUT2D eigenvalue weighted by atomic mass is 10.2. The minimum Gasteiger partial charge on any atom is -0.218 e. The smallest absolute Gasteiger partial charge is 0.218 e. The van der Waals surface area contributed by atoms with Gasteiger partial charge in [0.1, 0.15) is 5.82 Å². The molecule has 3 nitrogen and oxygen atoms in total. The van der Waals surface area contributed by atoms with Crippen molar-refractivity contribution in [1.29, 1.82) is 0 Å². The van der Waals surface area contributed by atoms with Crippen LogP contribution in [0.3, 0.4) is 0 Å². The molecule has 78 valence electrons. The molecular weight excluding hydrogens is 205 g/mol. The lowest BCUT2D eigenvalue weighted by molar-refractivity contribution is 0.577. The molecule has 1 aromatic rings. The van der Waals surface area contributed by atoms with E-state index in [1.54, 1.807) is 6.92 Å². The molecule has 14 heavy (non-hydrogen) atoms. The Labute approximate surface area is 83.0 Å². The minimum absolute atomic E-state index is 0.372. The molecule has 1 rings (SSSR count). The Bertz CT molecular complexity index is 399. The molecule has 0 saturated carbocycles. The van der Waals surface area contributed by atoms with Gasteiger partial charge in [-0.25, -0.2) is 17.5 Å². The molecule has 1 atom stereocenters. The van der Waals surface area contributed by atoms with Crippen LogP contribution in [0.1, 0.15) is 17.7 Å². The van der Waals surface area contributed by atoms with Crippen molar-refractivity contribution in [3.05, 3.63) is 35.6 Å². The van der Waals surface area contributed by atoms with Gasteiger partial charge in [0.05, 0.1) is 5.25 Å². The maximum atomic E-state index is 12.6. The Morgan fingerprint density at radius 3 is 2.21 bits per heavy atom. The molecule has 0 heterocycles. The van der Waals surface area contributed by atoms with E-state index in [1.807, 2.05) is 0 Å². The summed E-state index contributed by atoms with van der Waals surface area (Å²) in [6.07, 6.45) is 0. The van der Waals surface area contributed by atoms with Gasteiger partial charge < -0.3 is 0 Å². The summed E-state index contributed by atoms with van der Waals surface area (Å²) >= 11 is 0. The van der Waals surface area contributed by atoms with Crippen LogP contribution in [0.15, 0.2) is 24.3 Å². The normalized spacial score (nSPS) is 13.9. The highest BCUT2D eigenvalue weighted by Gasteiger charge is 2.19. The quantitative estimate of drug-likeness (QED) is 0.832. The predicted octanol–water partition coefficient (Wildman–Crippen LogP) is 1.44. The Balaban J connectivity index is 3.01. The van der Waals surface area contributed by atoms with Crippen molar-refractivity contribution in [3.8, 4) is 0 Å². The molecule has 1 aromatic carbocycles. The topological polar surface area (TPSA) is 46.2 Å². The van der Waals surface area contributed by atoms with Gasteiger partial charge >= 0.3 is 0 Å². The molecule has 0 amide bonds. The van der Waals surface area contributed by atoms with Crippen LogP contribution in [0.4, 0.5) is 4.39 Å². The van der Waals surface area contributed by atoms with Crippen molar-refractivity contribution in [1.82, 2.24) is 4.72 Å². The van der Waals surface area contributed by atoms with Gasteiger partial charge in [0.25, 0.3) is 0 Å². The van der Waals surface area contributed by atoms with E-state index < -0.39 is 15.3 Å². The number of sulfonamides is 1. The zero-order valence-electron chi connectivity index (χ0n) is 7.99. The molecule has 1 N–H and O–H groups in total. The molecule has 0 aliphatic rings. The minimum atomic E-state index is -3.34. The maximum Gasteiger partial charge on any atom is 0.218 e. The average molecular weight is 217 g/mol. The van der Waals surface area contributed by atoms with Crippen LogP contribution in [0.2, 0.25) is 0 Å². The van der Waals surface area contributed by atoms with E-state index in [-0.39, 0.29) is 5.82 Å². The molecule has 0 radical (unpaired) electrons. The number of rotatable bonds is 3. The third-order valence-electron chi connectivity index (χ3n) is 2.09. The Morgan fingerprint density at radius 1 is 1.29 bits per heavy atom. The lowest BCUT2D eigenvalue weighted by Crippen LogP contribution is -2.23. The van der Waals surface area contributed by atoms with Crippen LogP contribution < -0.4 is 4.72 Å². The highest BCUT2D eigenvalue weighted by molar-refractivity contribution is 7.89. The van der Waals surface area contributed by atoms with Gasteiger partial charge in [-0.05, 0) is 31.7 Å². The van der Waals surface area contributed by atoms with E-state index in [9.17, 15) is 12.8 Å². The van der Waals surface area contributed by atoms with E-state index >= 15 is 0 Å². The Morgan fingerprint density at radius 2 is 1.79 bits per heavy atom. The average Bonchev–Trinajstić information content (AvgIpc) is 2.18. The van der Waals surface area contributed by atoms with Crippen LogP contribution in [0.25, 0.3) is 0 Å². The predicted molar refractivity (Wildman–Crippen MR) is 52.8 cm³/mol. The van der Waals surface area contributed by atoms with Crippen LogP contribution in [0.5, 0.6) is 0 Å². The molecule has 0 bridgehead atoms. The summed E-state index contributed by atoms with van der Waals surface area (Å²) in [7, 11) is -1.98. The van der Waals surface area contributed by atoms with Crippen LogP contribution in [-0.2, 0) is 10.0 Å². The van der Waals surface area contributed by atoms with Crippen molar-refractivity contribution in [2.24, 2.45) is 0 Å². The molecule has 5 heteroatoms. The highest BCUT2D eigenvalue weighted by Crippen LogP contribution is 2.20. The first-order valence-electron chi connectivity index (χ1n) is 4.15. The van der Waals surface area contributed by atoms with Gasteiger partial charge in [-0.2, -0.15) is 0 Å². The van der Waals surface area contributed by atoms with Gasteiger partial charge in [-0.15, -0.1) is 0 Å². The van der Waals surface area contributed by atoms with Crippen LogP contribution in [0, 0.1) is 5.82 Å². The van der Waals surface area contributed by atoms with Gasteiger partial charge in [0.2, 0.25) is 10.0 Å². The van der Waals surface area contributed by atoms with E-state index in [0.29, 0.717) is 5.56 Å². The largest absolute Gasteiger partial charge is 0.218 e. The fourth-order valence-corrected chi connectivity index (χ4v) is 1.96. The number of nitrogens with one attached hydrogen (secondary N) is 1. The first-order valence-corrected chi connectivity index (χ1v) is 5.70. The molecular formula is C9H12FNO2S. The number of hydrogen-bond acceptors (Lipinski definition) is 2. The third-order valence-corrected chi connectivity index (χ3v) is 3.86. The first-order chi connectivity index (χ1) is 6.47. The van der Waals surface area contributed by atoms with Crippen molar-refractivity contribution < 1.29 is 12.8 Å². The SMILES string of the molecule is CNS(=O)(=O)C(C)c1ccc(F)cc1. The molecule has 0 aromatic heterocycles. The van der Waals surface area contributed by atoms with Gasteiger partial charge in [0, 0.05) is 0 Å². The summed E-state index contributed by atoms with van der Waals surface area (Å²) in [5, 5.41) is -0.673. The van der Waals surface area contributed by atoms with Gasteiger partial charge in [0.15, 0.2) is 0 Å². The molecule has 0 saturated heterocycles. The monoisotopic (exact) mass is 217 g/mol. The van der Waals surface area contributed by atoms with Crippen molar-refractivity contribution >= 4 is 10.0 Å². The summed E-state index contributed by atoms with van der Waals surface area (Å²) < 4.78 is 37.6. The van der Waals surface area contributed by atoms with Crippen LogP contribution >= 0.6 is 0 Å². The first kappa shape index (κ1) is 11.1. The van der Waals surface area contributed by atoms with Crippen LogP contribution in [-0.4, -0.2) is 15.5 Å². The third kappa shape index (κ3) is 2.30. The molecule has 0 aliphatic heterocycles. The number of hydrogen-bond donors (Lipinski definition) is 1. The zero-order valence-corrected chi connectivity index (χ0v) is 8.81. The molecule has 0 aliphatic carbocycles. The zero-order chi connectivity index (χ0) is 10.8. The second kappa shape index (κ2) is 4.06. The van der Waals surface area contributed by atoms with Gasteiger partial charge in [-0.1, -0.05) is 12.1 Å². The van der Waals surface area contributed by atoms with E-state index in [1.165, 1.54) is 31.3 Å². The summed E-state index contributed by atoms with van der Waals surface area (Å²) in [6.45, 7) is 1.55. The van der Waals surface area contributed by atoms with Gasteiger partial charge in [-0.3, -0.25) is 0 Å². The molecule has 0 spiro atoms. The second-order valence-electron chi connectivity index (χ2n) is 2.94. The maximum absolute atomic E-state index is 12.6. The summed E-state index contributed by atoms with van der Waals surface area (Å²) in [5.41, 5.74) is 0.570. The fourth-order valence-electron chi connectivity index (χ4n) is 1.09. The van der Waals surface area contributed by atoms with Crippen molar-refractivity contribution in [3.63, 3.8) is 0 Å². The summed E-state index contributed by atoms with van der Waals surface area (Å²) in [6, 6.07) is 5.43. The van der Waals surface area contributed by atoms with Crippen molar-refractivity contribution in [2.45, 2.75) is 12.2 Å². The molecule has 1 unspecified atom stereocenters. The van der Waals surface area contributed by atoms with E-state index in [2.05, 4.69) is 4.72 Å². The Kier molecular flexibility index (Phi) is 3.23. The molecule has 0 fully saturated rings. The van der Waals surface area contributed by atoms with E-state index in [0.717, 1.165) is 0 Å². The highest BCUT2D eigenvalue weighted by atomic mass is 32.2. The second-order valence-corrected chi connectivity index (χ2v) is 5.15. The Hall–Kier alpha value is -0.940. The van der Waals surface area contributed by atoms with E-state index in [4.69, 9.17) is 0 Å². The number of benzene rings is 1. The lowest BCUT2D eigenvalue weighted by Gasteiger charge is -2.11.